The number of carboxylic acids is 1. The van der Waals surface area contributed by atoms with E-state index in [1.54, 1.807) is 24.3 Å². The van der Waals surface area contributed by atoms with Gasteiger partial charge in [0.05, 0.1) is 0 Å². The molecule has 5 heteroatoms. The zero-order valence-corrected chi connectivity index (χ0v) is 12.5. The largest absolute Gasteiger partial charge is 0.488 e. The summed E-state index contributed by atoms with van der Waals surface area (Å²) in [5.74, 6) is -0.311. The van der Waals surface area contributed by atoms with Crippen LogP contribution in [0.3, 0.4) is 0 Å². The van der Waals surface area contributed by atoms with Gasteiger partial charge in [-0.25, -0.2) is 0 Å². The lowest BCUT2D eigenvalue weighted by atomic mass is 9.96. The van der Waals surface area contributed by atoms with E-state index in [2.05, 4.69) is 0 Å². The highest BCUT2D eigenvalue weighted by atomic mass is 35.5. The van der Waals surface area contributed by atoms with E-state index in [-0.39, 0.29) is 12.0 Å². The van der Waals surface area contributed by atoms with E-state index in [9.17, 15) is 9.90 Å². The molecule has 1 aromatic rings. The first-order valence-electron chi connectivity index (χ1n) is 5.99. The summed E-state index contributed by atoms with van der Waals surface area (Å²) in [5, 5.41) is 9.35. The Morgan fingerprint density at radius 2 is 1.74 bits per heavy atom. The second-order valence-electron chi connectivity index (χ2n) is 5.83. The first-order valence-corrected chi connectivity index (χ1v) is 6.75. The first kappa shape index (κ1) is 14.5. The van der Waals surface area contributed by atoms with Crippen molar-refractivity contribution in [2.75, 3.05) is 0 Å². The van der Waals surface area contributed by atoms with Gasteiger partial charge in [-0.2, -0.15) is 0 Å². The number of halogens is 2. The molecule has 19 heavy (non-hydrogen) atoms. The van der Waals surface area contributed by atoms with Crippen LogP contribution in [-0.4, -0.2) is 21.0 Å². The molecule has 0 heterocycles. The smallest absolute Gasteiger partial charge is 0.317 e. The maximum Gasteiger partial charge on any atom is 0.317 e. The standard InChI is InChI=1S/C14H16Cl2O3/c1-12(2,3)19-10-6-4-9(5-7-10)13(11(17)18)8-14(13,15)16/h4-7H,8H2,1-3H3,(H,17,18). The quantitative estimate of drug-likeness (QED) is 0.865. The summed E-state index contributed by atoms with van der Waals surface area (Å²) in [4.78, 5) is 11.4. The number of rotatable bonds is 3. The maximum atomic E-state index is 11.4. The van der Waals surface area contributed by atoms with Crippen LogP contribution in [0.25, 0.3) is 0 Å². The number of alkyl halides is 2. The number of hydrogen-bond donors (Lipinski definition) is 1. The van der Waals surface area contributed by atoms with Crippen molar-refractivity contribution in [3.8, 4) is 5.75 Å². The molecule has 0 bridgehead atoms. The fourth-order valence-corrected chi connectivity index (χ4v) is 2.90. The maximum absolute atomic E-state index is 11.4. The van der Waals surface area contributed by atoms with Gasteiger partial charge in [0.2, 0.25) is 0 Å². The van der Waals surface area contributed by atoms with Crippen LogP contribution in [0.15, 0.2) is 24.3 Å². The van der Waals surface area contributed by atoms with Crippen LogP contribution < -0.4 is 4.74 Å². The normalized spacial score (nSPS) is 24.9. The van der Waals surface area contributed by atoms with Crippen LogP contribution >= 0.6 is 23.2 Å². The molecule has 1 saturated carbocycles. The topological polar surface area (TPSA) is 46.5 Å². The third kappa shape index (κ3) is 2.54. The van der Waals surface area contributed by atoms with E-state index >= 15 is 0 Å². The summed E-state index contributed by atoms with van der Waals surface area (Å²) in [6.07, 6.45) is 0.220. The van der Waals surface area contributed by atoms with E-state index < -0.39 is 15.7 Å². The summed E-state index contributed by atoms with van der Waals surface area (Å²) >= 11 is 12.0. The van der Waals surface area contributed by atoms with Crippen molar-refractivity contribution < 1.29 is 14.6 Å². The molecule has 1 atom stereocenters. The fraction of sp³-hybridized carbons (Fsp3) is 0.500. The van der Waals surface area contributed by atoms with Crippen molar-refractivity contribution >= 4 is 29.2 Å². The van der Waals surface area contributed by atoms with E-state index in [4.69, 9.17) is 27.9 Å². The molecule has 104 valence electrons. The van der Waals surface area contributed by atoms with Gasteiger partial charge in [0, 0.05) is 6.42 Å². The number of aliphatic carboxylic acids is 1. The van der Waals surface area contributed by atoms with Crippen LogP contribution in [0.2, 0.25) is 0 Å². The van der Waals surface area contributed by atoms with Crippen molar-refractivity contribution in [1.29, 1.82) is 0 Å². The Balaban J connectivity index is 2.27. The highest BCUT2D eigenvalue weighted by Crippen LogP contribution is 2.65. The molecule has 1 fully saturated rings. The predicted octanol–water partition coefficient (Wildman–Crippen LogP) is 3.76. The number of hydrogen-bond acceptors (Lipinski definition) is 2. The van der Waals surface area contributed by atoms with Gasteiger partial charge in [0.1, 0.15) is 21.1 Å². The van der Waals surface area contributed by atoms with Gasteiger partial charge in [-0.1, -0.05) is 35.3 Å². The molecule has 1 aromatic carbocycles. The average Bonchev–Trinajstić information content (AvgIpc) is 2.82. The molecule has 1 aliphatic carbocycles. The zero-order valence-electron chi connectivity index (χ0n) is 11.0. The van der Waals surface area contributed by atoms with Crippen LogP contribution in [0.5, 0.6) is 5.75 Å². The molecule has 0 radical (unpaired) electrons. The minimum absolute atomic E-state index is 0.220. The van der Waals surface area contributed by atoms with E-state index in [0.29, 0.717) is 11.3 Å². The second kappa shape index (κ2) is 4.29. The van der Waals surface area contributed by atoms with Crippen molar-refractivity contribution in [2.24, 2.45) is 0 Å². The molecule has 1 N–H and O–H groups in total. The summed E-state index contributed by atoms with van der Waals surface area (Å²) in [6.45, 7) is 5.84. The lowest BCUT2D eigenvalue weighted by Gasteiger charge is -2.22. The molecule has 3 nitrogen and oxygen atoms in total. The molecule has 1 aliphatic rings. The molecule has 0 aliphatic heterocycles. The van der Waals surface area contributed by atoms with Gasteiger partial charge in [-0.05, 0) is 38.5 Å². The van der Waals surface area contributed by atoms with Gasteiger partial charge >= 0.3 is 5.97 Å². The Kier molecular flexibility index (Phi) is 3.27. The number of ether oxygens (including phenoxy) is 1. The van der Waals surface area contributed by atoms with Gasteiger partial charge in [0.15, 0.2) is 0 Å². The van der Waals surface area contributed by atoms with Crippen molar-refractivity contribution in [1.82, 2.24) is 0 Å². The number of benzene rings is 1. The monoisotopic (exact) mass is 302 g/mol. The van der Waals surface area contributed by atoms with E-state index in [1.807, 2.05) is 20.8 Å². The van der Waals surface area contributed by atoms with Gasteiger partial charge in [0.25, 0.3) is 0 Å². The Labute approximate surface area is 122 Å². The Morgan fingerprint density at radius 1 is 1.26 bits per heavy atom. The Bertz CT molecular complexity index is 502. The summed E-state index contributed by atoms with van der Waals surface area (Å²) in [7, 11) is 0. The minimum Gasteiger partial charge on any atom is -0.488 e. The third-order valence-electron chi connectivity index (χ3n) is 3.12. The molecule has 0 saturated heterocycles. The molecule has 1 unspecified atom stereocenters. The highest BCUT2D eigenvalue weighted by molar-refractivity contribution is 6.54. The molecular weight excluding hydrogens is 287 g/mol. The average molecular weight is 303 g/mol. The van der Waals surface area contributed by atoms with E-state index in [0.717, 1.165) is 0 Å². The second-order valence-corrected chi connectivity index (χ2v) is 7.31. The van der Waals surface area contributed by atoms with Gasteiger partial charge in [-0.3, -0.25) is 4.79 Å². The highest BCUT2D eigenvalue weighted by Gasteiger charge is 2.72. The lowest BCUT2D eigenvalue weighted by Crippen LogP contribution is -2.26. The Morgan fingerprint density at radius 3 is 2.05 bits per heavy atom. The molecule has 0 aromatic heterocycles. The minimum atomic E-state index is -1.23. The summed E-state index contributed by atoms with van der Waals surface area (Å²) in [6, 6.07) is 6.91. The van der Waals surface area contributed by atoms with Gasteiger partial charge < -0.3 is 9.84 Å². The number of carboxylic acid groups (broad SMARTS) is 1. The Hall–Kier alpha value is -0.930. The zero-order chi connectivity index (χ0) is 14.5. The SMILES string of the molecule is CC(C)(C)Oc1ccc(C2(C(=O)O)CC2(Cl)Cl)cc1. The first-order chi connectivity index (χ1) is 8.58. The van der Waals surface area contributed by atoms with Crippen LogP contribution in [-0.2, 0) is 10.2 Å². The van der Waals surface area contributed by atoms with Crippen LogP contribution in [0.4, 0.5) is 0 Å². The molecular formula is C14H16Cl2O3. The number of carbonyl (C=O) groups is 1. The van der Waals surface area contributed by atoms with Gasteiger partial charge in [-0.15, -0.1) is 0 Å². The van der Waals surface area contributed by atoms with Crippen molar-refractivity contribution in [2.45, 2.75) is 42.5 Å². The van der Waals surface area contributed by atoms with E-state index in [1.165, 1.54) is 0 Å². The fourth-order valence-electron chi connectivity index (χ4n) is 2.12. The molecule has 2 rings (SSSR count). The summed E-state index contributed by atoms with van der Waals surface area (Å²) in [5.41, 5.74) is -0.892. The molecule has 0 spiro atoms. The molecule has 0 amide bonds. The van der Waals surface area contributed by atoms with Crippen molar-refractivity contribution in [3.63, 3.8) is 0 Å². The lowest BCUT2D eigenvalue weighted by molar-refractivity contribution is -0.140. The van der Waals surface area contributed by atoms with Crippen molar-refractivity contribution in [3.05, 3.63) is 29.8 Å². The predicted molar refractivity (Wildman–Crippen MR) is 75.2 cm³/mol. The third-order valence-corrected chi connectivity index (χ3v) is 4.04. The van der Waals surface area contributed by atoms with Crippen LogP contribution in [0, 0.1) is 0 Å². The summed E-state index contributed by atoms with van der Waals surface area (Å²) < 4.78 is 4.46. The van der Waals surface area contributed by atoms with Crippen LogP contribution in [0.1, 0.15) is 32.8 Å².